The Hall–Kier alpha value is -2.95. The van der Waals surface area contributed by atoms with Crippen molar-refractivity contribution >= 4 is 5.91 Å². The maximum absolute atomic E-state index is 12.1. The van der Waals surface area contributed by atoms with Gasteiger partial charge in [-0.2, -0.15) is 0 Å². The Labute approximate surface area is 153 Å². The molecule has 0 spiro atoms. The van der Waals surface area contributed by atoms with Crippen molar-refractivity contribution in [1.29, 1.82) is 0 Å². The van der Waals surface area contributed by atoms with Crippen LogP contribution in [0.3, 0.4) is 0 Å². The first-order valence-electron chi connectivity index (χ1n) is 9.09. The molecule has 0 bridgehead atoms. The topological polar surface area (TPSA) is 59.8 Å². The molecule has 0 aliphatic carbocycles. The van der Waals surface area contributed by atoms with Crippen molar-refractivity contribution in [1.82, 2.24) is 19.9 Å². The highest BCUT2D eigenvalue weighted by molar-refractivity contribution is 5.76. The number of carbonyl (C=O) groups excluding carboxylic acids is 1. The van der Waals surface area contributed by atoms with Crippen molar-refractivity contribution < 1.29 is 4.79 Å². The van der Waals surface area contributed by atoms with Crippen LogP contribution in [0.1, 0.15) is 29.8 Å². The number of hydrogen-bond donors (Lipinski definition) is 1. The Balaban J connectivity index is 1.34. The van der Waals surface area contributed by atoms with Crippen LogP contribution < -0.4 is 5.32 Å². The highest BCUT2D eigenvalue weighted by Gasteiger charge is 2.14. The number of aromatic nitrogens is 3. The molecular formula is C21H22N4O. The number of amides is 1. The van der Waals surface area contributed by atoms with E-state index < -0.39 is 0 Å². The lowest BCUT2D eigenvalue weighted by atomic mass is 10.1. The number of aryl methyl sites for hydroxylation is 3. The van der Waals surface area contributed by atoms with E-state index in [1.807, 2.05) is 24.3 Å². The van der Waals surface area contributed by atoms with E-state index in [9.17, 15) is 4.79 Å². The number of pyridine rings is 1. The molecule has 1 N–H and O–H groups in total. The van der Waals surface area contributed by atoms with Gasteiger partial charge in [0.05, 0.1) is 5.69 Å². The minimum atomic E-state index is 0.0558. The number of carbonyl (C=O) groups is 1. The molecule has 26 heavy (non-hydrogen) atoms. The first kappa shape index (κ1) is 16.5. The maximum atomic E-state index is 12.1. The molecule has 4 rings (SSSR count). The van der Waals surface area contributed by atoms with E-state index in [2.05, 4.69) is 33.2 Å². The zero-order chi connectivity index (χ0) is 17.8. The van der Waals surface area contributed by atoms with Crippen LogP contribution in [0.4, 0.5) is 0 Å². The lowest BCUT2D eigenvalue weighted by Gasteiger charge is -2.07. The van der Waals surface area contributed by atoms with Crippen LogP contribution in [0, 0.1) is 0 Å². The Morgan fingerprint density at radius 3 is 2.96 bits per heavy atom. The molecule has 2 aromatic heterocycles. The standard InChI is InChI=1S/C21H22N4O/c26-21(9-8-16-5-2-10-22-13-16)23-14-17-4-1-6-18(12-17)19-15-25-11-3-7-20(25)24-19/h1-2,4-6,10,12-13,15H,3,7-9,11,14H2,(H,23,26). The molecule has 5 heteroatoms. The predicted octanol–water partition coefficient (Wildman–Crippen LogP) is 3.14. The smallest absolute Gasteiger partial charge is 0.220 e. The minimum Gasteiger partial charge on any atom is -0.352 e. The molecule has 0 fully saturated rings. The third-order valence-corrected chi connectivity index (χ3v) is 4.73. The van der Waals surface area contributed by atoms with Gasteiger partial charge in [-0.3, -0.25) is 9.78 Å². The normalized spacial score (nSPS) is 12.8. The Morgan fingerprint density at radius 2 is 2.12 bits per heavy atom. The van der Waals surface area contributed by atoms with E-state index in [1.54, 1.807) is 12.4 Å². The first-order chi connectivity index (χ1) is 12.8. The van der Waals surface area contributed by atoms with Gasteiger partial charge < -0.3 is 9.88 Å². The highest BCUT2D eigenvalue weighted by Crippen LogP contribution is 2.23. The van der Waals surface area contributed by atoms with Gasteiger partial charge in [0.15, 0.2) is 0 Å². The van der Waals surface area contributed by atoms with Crippen molar-refractivity contribution in [3.05, 3.63) is 71.9 Å². The van der Waals surface area contributed by atoms with Crippen molar-refractivity contribution in [3.63, 3.8) is 0 Å². The van der Waals surface area contributed by atoms with Gasteiger partial charge in [0.1, 0.15) is 5.82 Å². The van der Waals surface area contributed by atoms with Crippen LogP contribution in [0.5, 0.6) is 0 Å². The van der Waals surface area contributed by atoms with Crippen LogP contribution in [-0.4, -0.2) is 20.4 Å². The zero-order valence-corrected chi connectivity index (χ0v) is 14.7. The van der Waals surface area contributed by atoms with Gasteiger partial charge in [0.25, 0.3) is 0 Å². The number of rotatable bonds is 6. The summed E-state index contributed by atoms with van der Waals surface area (Å²) in [6.07, 6.45) is 9.11. The van der Waals surface area contributed by atoms with Gasteiger partial charge in [-0.1, -0.05) is 24.3 Å². The van der Waals surface area contributed by atoms with Crippen LogP contribution in [0.2, 0.25) is 0 Å². The quantitative estimate of drug-likeness (QED) is 0.746. The summed E-state index contributed by atoms with van der Waals surface area (Å²) in [5, 5.41) is 3.00. The van der Waals surface area contributed by atoms with E-state index in [0.29, 0.717) is 19.4 Å². The third-order valence-electron chi connectivity index (χ3n) is 4.73. The summed E-state index contributed by atoms with van der Waals surface area (Å²) in [5.74, 6) is 1.23. The fourth-order valence-corrected chi connectivity index (χ4v) is 3.33. The number of nitrogens with one attached hydrogen (secondary N) is 1. The average molecular weight is 346 g/mol. The summed E-state index contributed by atoms with van der Waals surface area (Å²) in [6.45, 7) is 1.60. The van der Waals surface area contributed by atoms with Crippen LogP contribution in [0.25, 0.3) is 11.3 Å². The van der Waals surface area contributed by atoms with Gasteiger partial charge >= 0.3 is 0 Å². The third kappa shape index (κ3) is 3.82. The van der Waals surface area contributed by atoms with Crippen LogP contribution in [0.15, 0.2) is 55.0 Å². The Bertz CT molecular complexity index is 880. The molecule has 3 heterocycles. The summed E-state index contributed by atoms with van der Waals surface area (Å²) in [6, 6.07) is 12.1. The Morgan fingerprint density at radius 1 is 1.19 bits per heavy atom. The van der Waals surface area contributed by atoms with Crippen LogP contribution >= 0.6 is 0 Å². The molecule has 1 amide bonds. The Kier molecular flexibility index (Phi) is 4.78. The largest absolute Gasteiger partial charge is 0.352 e. The van der Waals surface area contributed by atoms with Crippen molar-refractivity contribution in [3.8, 4) is 11.3 Å². The molecule has 3 aromatic rings. The van der Waals surface area contributed by atoms with Gasteiger partial charge in [-0.05, 0) is 36.1 Å². The zero-order valence-electron chi connectivity index (χ0n) is 14.7. The summed E-state index contributed by atoms with van der Waals surface area (Å²) in [7, 11) is 0. The summed E-state index contributed by atoms with van der Waals surface area (Å²) < 4.78 is 2.24. The molecule has 1 aromatic carbocycles. The first-order valence-corrected chi connectivity index (χ1v) is 9.09. The molecule has 0 saturated carbocycles. The van der Waals surface area contributed by atoms with E-state index in [0.717, 1.165) is 35.3 Å². The molecule has 0 unspecified atom stereocenters. The number of fused-ring (bicyclic) bond motifs is 1. The lowest BCUT2D eigenvalue weighted by molar-refractivity contribution is -0.121. The second-order valence-electron chi connectivity index (χ2n) is 6.68. The lowest BCUT2D eigenvalue weighted by Crippen LogP contribution is -2.23. The molecule has 5 nitrogen and oxygen atoms in total. The molecule has 1 aliphatic rings. The number of benzene rings is 1. The van der Waals surface area contributed by atoms with E-state index in [-0.39, 0.29) is 5.91 Å². The molecule has 0 atom stereocenters. The van der Waals surface area contributed by atoms with Gasteiger partial charge in [0, 0.05) is 50.1 Å². The predicted molar refractivity (Wildman–Crippen MR) is 100 cm³/mol. The monoisotopic (exact) mass is 346 g/mol. The fraction of sp³-hybridized carbons (Fsp3) is 0.286. The summed E-state index contributed by atoms with van der Waals surface area (Å²) in [5.41, 5.74) is 4.29. The fourth-order valence-electron chi connectivity index (χ4n) is 3.33. The van der Waals surface area contributed by atoms with Gasteiger partial charge in [-0.15, -0.1) is 0 Å². The van der Waals surface area contributed by atoms with Crippen molar-refractivity contribution in [2.45, 2.75) is 38.8 Å². The number of hydrogen-bond acceptors (Lipinski definition) is 3. The van der Waals surface area contributed by atoms with Crippen molar-refractivity contribution in [2.24, 2.45) is 0 Å². The van der Waals surface area contributed by atoms with E-state index in [4.69, 9.17) is 4.98 Å². The number of nitrogens with zero attached hydrogens (tertiary/aromatic N) is 3. The van der Waals surface area contributed by atoms with Crippen LogP contribution in [-0.2, 0) is 30.7 Å². The summed E-state index contributed by atoms with van der Waals surface area (Å²) in [4.78, 5) is 20.9. The summed E-state index contributed by atoms with van der Waals surface area (Å²) >= 11 is 0. The SMILES string of the molecule is O=C(CCc1cccnc1)NCc1cccc(-c2cn3c(n2)CCC3)c1. The highest BCUT2D eigenvalue weighted by atomic mass is 16.1. The minimum absolute atomic E-state index is 0.0558. The molecule has 0 radical (unpaired) electrons. The van der Waals surface area contributed by atoms with E-state index in [1.165, 1.54) is 12.2 Å². The molecule has 132 valence electrons. The van der Waals surface area contributed by atoms with Crippen molar-refractivity contribution in [2.75, 3.05) is 0 Å². The second-order valence-corrected chi connectivity index (χ2v) is 6.68. The maximum Gasteiger partial charge on any atom is 0.220 e. The van der Waals surface area contributed by atoms with Gasteiger partial charge in [-0.25, -0.2) is 4.98 Å². The molecule has 0 saturated heterocycles. The van der Waals surface area contributed by atoms with Gasteiger partial charge in [0.2, 0.25) is 5.91 Å². The van der Waals surface area contributed by atoms with E-state index >= 15 is 0 Å². The number of imidazole rings is 1. The second kappa shape index (κ2) is 7.52. The molecular weight excluding hydrogens is 324 g/mol. The average Bonchev–Trinajstić information content (AvgIpc) is 3.28. The molecule has 1 aliphatic heterocycles.